The zero-order valence-electron chi connectivity index (χ0n) is 46.1. The second-order valence-electron chi connectivity index (χ2n) is 20.2. The fourth-order valence-corrected chi connectivity index (χ4v) is 11.5. The number of nitrogens with zero attached hydrogens (tertiary/aromatic N) is 5. The highest BCUT2D eigenvalue weighted by atomic mass is 32.2. The molecule has 3 atom stereocenters. The summed E-state index contributed by atoms with van der Waals surface area (Å²) >= 11 is 2.44. The number of aliphatic hydroxyl groups is 1. The van der Waals surface area contributed by atoms with Crippen LogP contribution in [0.15, 0.2) is 95.9 Å². The Hall–Kier alpha value is -6.89. The minimum absolute atomic E-state index is 0.0724. The van der Waals surface area contributed by atoms with E-state index >= 15 is 0 Å². The van der Waals surface area contributed by atoms with E-state index in [9.17, 15) is 24.3 Å². The highest BCUT2D eigenvalue weighted by Crippen LogP contribution is 2.38. The van der Waals surface area contributed by atoms with Crippen molar-refractivity contribution in [3.8, 4) is 27.7 Å². The number of unbranched alkanes of at least 4 members (excludes halogenated alkanes) is 1. The van der Waals surface area contributed by atoms with Crippen LogP contribution in [0.4, 0.5) is 10.5 Å². The van der Waals surface area contributed by atoms with Gasteiger partial charge in [-0.1, -0.05) is 69.0 Å². The first-order valence-electron chi connectivity index (χ1n) is 27.0. The third-order valence-corrected chi connectivity index (χ3v) is 15.9. The van der Waals surface area contributed by atoms with Crippen LogP contribution in [0.5, 0.6) is 17.2 Å². The molecule has 4 aromatic carbocycles. The van der Waals surface area contributed by atoms with E-state index in [4.69, 9.17) is 35.0 Å². The average Bonchev–Trinajstić information content (AvgIpc) is 4.22. The van der Waals surface area contributed by atoms with E-state index in [0.29, 0.717) is 80.6 Å². The van der Waals surface area contributed by atoms with E-state index in [1.165, 1.54) is 21.1 Å². The standard InChI is InChI=1S/C61H70N6O11S2/c1-39(2)56(66-36-47-12-8-9-13-50(47)43(66)6)60(71)67-37-49(68)34-51(67)58(69)63-35-46-16-15-45(57-42(5)64-38-79-57)33-54(46)77-29-28-76-27-25-74-22-11-10-21-73-24-26-75-23-20-65-59(70)55(80-61(65)72)32-44-14-18-52(40(3)30-44)78-53-19-17-48(62-7)31-41(53)4/h8-9,12-19,30-33,38-39,49,51,56,68H,6,10-11,20-29,34-37H2,1-5H3,(H,63,69)/b55-32-/t49-,51+,56+/m1/s1. The maximum atomic E-state index is 14.4. The lowest BCUT2D eigenvalue weighted by Crippen LogP contribution is -2.54. The molecule has 0 radical (unpaired) electrons. The van der Waals surface area contributed by atoms with Crippen molar-refractivity contribution in [2.45, 2.75) is 85.2 Å². The Morgan fingerprint density at radius 1 is 0.863 bits per heavy atom. The number of imide groups is 1. The van der Waals surface area contributed by atoms with Crippen molar-refractivity contribution in [3.63, 3.8) is 0 Å². The number of aryl methyl sites for hydroxylation is 3. The lowest BCUT2D eigenvalue weighted by molar-refractivity contribution is -0.143. The molecule has 0 saturated carbocycles. The first kappa shape index (κ1) is 59.2. The van der Waals surface area contributed by atoms with Gasteiger partial charge < -0.3 is 48.6 Å². The summed E-state index contributed by atoms with van der Waals surface area (Å²) in [4.78, 5) is 68.1. The number of aromatic nitrogens is 1. The van der Waals surface area contributed by atoms with Gasteiger partial charge in [-0.2, -0.15) is 0 Å². The van der Waals surface area contributed by atoms with Crippen LogP contribution >= 0.6 is 23.1 Å². The number of rotatable bonds is 28. The Kier molecular flexibility index (Phi) is 21.1. The van der Waals surface area contributed by atoms with Crippen molar-refractivity contribution in [1.82, 2.24) is 25.0 Å². The van der Waals surface area contributed by atoms with Crippen molar-refractivity contribution in [3.05, 3.63) is 146 Å². The quantitative estimate of drug-likeness (QED) is 0.0274. The molecule has 0 unspecified atom stereocenters. The molecule has 4 heterocycles. The lowest BCUT2D eigenvalue weighted by atomic mass is 10.00. The predicted molar refractivity (Wildman–Crippen MR) is 309 cm³/mol. The number of likely N-dealkylation sites (tertiary alicyclic amines) is 1. The van der Waals surface area contributed by atoms with Crippen LogP contribution in [0.1, 0.15) is 72.2 Å². The van der Waals surface area contributed by atoms with Gasteiger partial charge in [0.2, 0.25) is 11.8 Å². The summed E-state index contributed by atoms with van der Waals surface area (Å²) in [6, 6.07) is 23.3. The van der Waals surface area contributed by atoms with Crippen molar-refractivity contribution in [2.75, 3.05) is 72.6 Å². The highest BCUT2D eigenvalue weighted by molar-refractivity contribution is 8.18. The number of aliphatic hydroxyl groups excluding tert-OH is 1. The van der Waals surface area contributed by atoms with Crippen molar-refractivity contribution in [2.24, 2.45) is 5.92 Å². The van der Waals surface area contributed by atoms with E-state index in [0.717, 1.165) is 79.8 Å². The second-order valence-corrected chi connectivity index (χ2v) is 22.0. The topological polar surface area (TPSA) is 183 Å². The number of benzene rings is 4. The van der Waals surface area contributed by atoms with Gasteiger partial charge in [0.15, 0.2) is 5.69 Å². The number of amides is 4. The number of thiazole rings is 1. The fraction of sp³-hybridized carbons (Fsp3) is 0.410. The van der Waals surface area contributed by atoms with Crippen molar-refractivity contribution < 1.29 is 52.7 Å². The van der Waals surface area contributed by atoms with Gasteiger partial charge in [-0.05, 0) is 116 Å². The molecule has 2 saturated heterocycles. The fourth-order valence-electron chi connectivity index (χ4n) is 9.82. The Morgan fingerprint density at radius 2 is 1.55 bits per heavy atom. The molecule has 0 bridgehead atoms. The van der Waals surface area contributed by atoms with Gasteiger partial charge in [-0.15, -0.1) is 11.3 Å². The Balaban J connectivity index is 0.689. The number of carbonyl (C=O) groups excluding carboxylic acids is 4. The highest BCUT2D eigenvalue weighted by Gasteiger charge is 2.45. The predicted octanol–water partition coefficient (Wildman–Crippen LogP) is 10.1. The maximum Gasteiger partial charge on any atom is 0.293 e. The molecule has 3 aliphatic heterocycles. The SMILES string of the molecule is [C-]#[N+]c1ccc(Oc2ccc(/C=C3\SC(=O)N(CCOCCOCCCCOCCOCCOc4cc(-c5scnc5C)ccc4CNC(=O)[C@@H]4C[C@@H](O)CN4C(=O)[C@H](C(C)C)N4Cc5ccccc5C4=C)C3=O)cc2C)c(C)c1. The van der Waals surface area contributed by atoms with E-state index in [-0.39, 0.29) is 68.1 Å². The minimum Gasteiger partial charge on any atom is -0.491 e. The molecule has 0 aliphatic carbocycles. The summed E-state index contributed by atoms with van der Waals surface area (Å²) in [7, 11) is 0. The smallest absolute Gasteiger partial charge is 0.293 e. The number of hydrogen-bond acceptors (Lipinski definition) is 15. The van der Waals surface area contributed by atoms with Gasteiger partial charge in [0.25, 0.3) is 11.1 Å². The first-order chi connectivity index (χ1) is 38.7. The molecule has 80 heavy (non-hydrogen) atoms. The number of fused-ring (bicyclic) bond motifs is 1. The molecule has 3 aliphatic rings. The molecule has 422 valence electrons. The van der Waals surface area contributed by atoms with Crippen LogP contribution in [-0.4, -0.2) is 138 Å². The average molecular weight is 1130 g/mol. The Morgan fingerprint density at radius 3 is 2.23 bits per heavy atom. The zero-order chi connectivity index (χ0) is 56.7. The second kappa shape index (κ2) is 28.5. The van der Waals surface area contributed by atoms with Crippen LogP contribution < -0.4 is 14.8 Å². The molecule has 2 fully saturated rings. The molecule has 5 aromatic rings. The Labute approximate surface area is 476 Å². The largest absolute Gasteiger partial charge is 0.491 e. The van der Waals surface area contributed by atoms with Crippen LogP contribution in [0.2, 0.25) is 0 Å². The van der Waals surface area contributed by atoms with Crippen LogP contribution in [0.3, 0.4) is 0 Å². The summed E-state index contributed by atoms with van der Waals surface area (Å²) in [6.45, 7) is 25.6. The number of hydrogen-bond donors (Lipinski definition) is 2. The van der Waals surface area contributed by atoms with Crippen molar-refractivity contribution in [1.29, 1.82) is 0 Å². The normalized spacial score (nSPS) is 16.9. The summed E-state index contributed by atoms with van der Waals surface area (Å²) < 4.78 is 35.4. The van der Waals surface area contributed by atoms with Gasteiger partial charge in [0.1, 0.15) is 35.9 Å². The molecule has 4 amide bonds. The zero-order valence-corrected chi connectivity index (χ0v) is 47.7. The van der Waals surface area contributed by atoms with Crippen LogP contribution in [0.25, 0.3) is 27.1 Å². The Bertz CT molecular complexity index is 3100. The van der Waals surface area contributed by atoms with Crippen molar-refractivity contribution >= 4 is 63.5 Å². The third-order valence-electron chi connectivity index (χ3n) is 14.0. The molecule has 19 heteroatoms. The van der Waals surface area contributed by atoms with E-state index in [2.05, 4.69) is 21.7 Å². The molecule has 1 aromatic heterocycles. The van der Waals surface area contributed by atoms with Crippen LogP contribution in [-0.2, 0) is 46.4 Å². The van der Waals surface area contributed by atoms with Gasteiger partial charge in [-0.3, -0.25) is 24.1 Å². The molecule has 2 N–H and O–H groups in total. The van der Waals surface area contributed by atoms with Gasteiger partial charge in [0, 0.05) is 56.1 Å². The van der Waals surface area contributed by atoms with Gasteiger partial charge in [-0.25, -0.2) is 9.83 Å². The molecule has 17 nitrogen and oxygen atoms in total. The number of thioether (sulfide) groups is 1. The van der Waals surface area contributed by atoms with Gasteiger partial charge >= 0.3 is 0 Å². The molecular weight excluding hydrogens is 1060 g/mol. The summed E-state index contributed by atoms with van der Waals surface area (Å²) in [5.74, 6) is 0.926. The molecule has 8 rings (SSSR count). The number of ether oxygens (including phenoxy) is 6. The maximum absolute atomic E-state index is 14.4. The summed E-state index contributed by atoms with van der Waals surface area (Å²) in [6.07, 6.45) is 2.63. The first-order valence-corrected chi connectivity index (χ1v) is 28.7. The monoisotopic (exact) mass is 1130 g/mol. The molecule has 0 spiro atoms. The van der Waals surface area contributed by atoms with Crippen LogP contribution in [0, 0.1) is 33.3 Å². The van der Waals surface area contributed by atoms with E-state index in [1.54, 1.807) is 29.8 Å². The number of nitrogens with one attached hydrogen (secondary N) is 1. The summed E-state index contributed by atoms with van der Waals surface area (Å²) in [5.41, 5.74) is 10.3. The third kappa shape index (κ3) is 15.1. The number of carbonyl (C=O) groups is 4. The summed E-state index contributed by atoms with van der Waals surface area (Å²) in [5, 5.41) is 13.5. The number of β-amino-alcohol motifs (C(OH)–C–C–N with tert-alkyl or cyclic N) is 1. The van der Waals surface area contributed by atoms with E-state index in [1.807, 2.05) is 100 Å². The van der Waals surface area contributed by atoms with Gasteiger partial charge in [0.05, 0.1) is 79.8 Å². The lowest BCUT2D eigenvalue weighted by Gasteiger charge is -2.36. The minimum atomic E-state index is -0.839. The molecular formula is C61H70N6O11S2. The van der Waals surface area contributed by atoms with E-state index < -0.39 is 18.2 Å².